The van der Waals surface area contributed by atoms with Gasteiger partial charge in [-0.2, -0.15) is 4.31 Å². The number of ether oxygens (including phenoxy) is 1. The summed E-state index contributed by atoms with van der Waals surface area (Å²) in [6.45, 7) is 1.14. The Morgan fingerprint density at radius 2 is 1.72 bits per heavy atom. The largest absolute Gasteiger partial charge is 0.383 e. The van der Waals surface area contributed by atoms with Crippen LogP contribution in [0.4, 0.5) is 0 Å². The van der Waals surface area contributed by atoms with Crippen molar-refractivity contribution in [3.8, 4) is 0 Å². The first-order valence-electron chi connectivity index (χ1n) is 5.57. The van der Waals surface area contributed by atoms with Crippen LogP contribution in [0.2, 0.25) is 0 Å². The fourth-order valence-corrected chi connectivity index (χ4v) is 4.31. The van der Waals surface area contributed by atoms with Crippen LogP contribution in [0.1, 0.15) is 6.42 Å². The summed E-state index contributed by atoms with van der Waals surface area (Å²) in [5.41, 5.74) is 5.34. The molecular weight excluding hydrogens is 280 g/mol. The van der Waals surface area contributed by atoms with Gasteiger partial charge >= 0.3 is 0 Å². The number of nitrogens with zero attached hydrogens (tertiary/aromatic N) is 1. The second kappa shape index (κ2) is 8.05. The third kappa shape index (κ3) is 7.98. The van der Waals surface area contributed by atoms with Crippen molar-refractivity contribution >= 4 is 19.9 Å². The van der Waals surface area contributed by atoms with Crippen molar-refractivity contribution in [3.05, 3.63) is 0 Å². The van der Waals surface area contributed by atoms with Crippen LogP contribution in [0.15, 0.2) is 0 Å². The first kappa shape index (κ1) is 17.8. The van der Waals surface area contributed by atoms with E-state index in [0.717, 1.165) is 6.26 Å². The van der Waals surface area contributed by atoms with Gasteiger partial charge in [0, 0.05) is 26.5 Å². The first-order chi connectivity index (χ1) is 8.23. The molecule has 2 N–H and O–H groups in total. The zero-order chi connectivity index (χ0) is 14.2. The van der Waals surface area contributed by atoms with Crippen molar-refractivity contribution < 1.29 is 21.6 Å². The minimum atomic E-state index is -3.58. The highest BCUT2D eigenvalue weighted by atomic mass is 32.2. The van der Waals surface area contributed by atoms with Gasteiger partial charge in [-0.05, 0) is 13.0 Å². The SMILES string of the molecule is COCCN(CCCN)S(=O)(=O)CCS(C)(=O)=O. The number of sulfone groups is 1. The van der Waals surface area contributed by atoms with Gasteiger partial charge in [-0.3, -0.25) is 0 Å². The lowest BCUT2D eigenvalue weighted by Gasteiger charge is -2.21. The average molecular weight is 302 g/mol. The summed E-state index contributed by atoms with van der Waals surface area (Å²) in [7, 11) is -5.40. The summed E-state index contributed by atoms with van der Waals surface area (Å²) < 4.78 is 52.0. The Morgan fingerprint density at radius 3 is 2.17 bits per heavy atom. The normalized spacial score (nSPS) is 13.1. The molecule has 0 aliphatic carbocycles. The third-order valence-electron chi connectivity index (χ3n) is 2.26. The average Bonchev–Trinajstić information content (AvgIpc) is 2.25. The van der Waals surface area contributed by atoms with E-state index in [1.54, 1.807) is 0 Å². The van der Waals surface area contributed by atoms with Crippen LogP contribution in [0.5, 0.6) is 0 Å². The van der Waals surface area contributed by atoms with Gasteiger partial charge in [0.25, 0.3) is 0 Å². The molecule has 110 valence electrons. The quantitative estimate of drug-likeness (QED) is 0.535. The van der Waals surface area contributed by atoms with E-state index in [2.05, 4.69) is 0 Å². The smallest absolute Gasteiger partial charge is 0.215 e. The maximum Gasteiger partial charge on any atom is 0.215 e. The molecule has 0 spiro atoms. The fraction of sp³-hybridized carbons (Fsp3) is 1.00. The molecule has 0 saturated heterocycles. The summed E-state index contributed by atoms with van der Waals surface area (Å²) in [6.07, 6.45) is 1.55. The summed E-state index contributed by atoms with van der Waals surface area (Å²) in [5, 5.41) is 0. The van der Waals surface area contributed by atoms with E-state index in [4.69, 9.17) is 10.5 Å². The van der Waals surface area contributed by atoms with Gasteiger partial charge in [-0.1, -0.05) is 0 Å². The lowest BCUT2D eigenvalue weighted by atomic mass is 10.4. The summed E-state index contributed by atoms with van der Waals surface area (Å²) in [6, 6.07) is 0. The second-order valence-corrected chi connectivity index (χ2v) is 8.33. The number of methoxy groups -OCH3 is 1. The molecule has 0 aliphatic heterocycles. The Labute approximate surface area is 109 Å². The number of rotatable bonds is 10. The molecule has 7 nitrogen and oxygen atoms in total. The third-order valence-corrected chi connectivity index (χ3v) is 5.34. The molecular formula is C9H22N2O5S2. The van der Waals surface area contributed by atoms with Crippen molar-refractivity contribution in [1.82, 2.24) is 4.31 Å². The highest BCUT2D eigenvalue weighted by Gasteiger charge is 2.22. The molecule has 18 heavy (non-hydrogen) atoms. The Kier molecular flexibility index (Phi) is 7.95. The van der Waals surface area contributed by atoms with E-state index in [1.807, 2.05) is 0 Å². The van der Waals surface area contributed by atoms with Crippen molar-refractivity contribution in [3.63, 3.8) is 0 Å². The molecule has 0 amide bonds. The van der Waals surface area contributed by atoms with Gasteiger partial charge in [0.05, 0.1) is 18.1 Å². The fourth-order valence-electron chi connectivity index (χ4n) is 1.24. The van der Waals surface area contributed by atoms with Crippen LogP contribution in [-0.2, 0) is 24.6 Å². The predicted octanol–water partition coefficient (Wildman–Crippen LogP) is -1.34. The number of sulfonamides is 1. The minimum absolute atomic E-state index is 0.211. The van der Waals surface area contributed by atoms with E-state index >= 15 is 0 Å². The molecule has 0 aromatic heterocycles. The van der Waals surface area contributed by atoms with Crippen LogP contribution in [-0.4, -0.2) is 72.3 Å². The van der Waals surface area contributed by atoms with Gasteiger partial charge in [-0.15, -0.1) is 0 Å². The zero-order valence-electron chi connectivity index (χ0n) is 10.8. The Hall–Kier alpha value is -0.220. The topological polar surface area (TPSA) is 107 Å². The highest BCUT2D eigenvalue weighted by Crippen LogP contribution is 2.04. The van der Waals surface area contributed by atoms with Crippen LogP contribution in [0.3, 0.4) is 0 Å². The molecule has 0 heterocycles. The van der Waals surface area contributed by atoms with Crippen LogP contribution in [0.25, 0.3) is 0 Å². The van der Waals surface area contributed by atoms with E-state index in [-0.39, 0.29) is 25.4 Å². The molecule has 0 unspecified atom stereocenters. The Bertz CT molecular complexity index is 410. The first-order valence-corrected chi connectivity index (χ1v) is 9.24. The number of hydrogen-bond donors (Lipinski definition) is 1. The zero-order valence-corrected chi connectivity index (χ0v) is 12.5. The van der Waals surface area contributed by atoms with E-state index in [0.29, 0.717) is 13.0 Å². The van der Waals surface area contributed by atoms with Crippen LogP contribution >= 0.6 is 0 Å². The molecule has 0 radical (unpaired) electrons. The van der Waals surface area contributed by atoms with Crippen molar-refractivity contribution in [2.45, 2.75) is 6.42 Å². The summed E-state index contributed by atoms with van der Waals surface area (Å²) >= 11 is 0. The van der Waals surface area contributed by atoms with E-state index in [9.17, 15) is 16.8 Å². The van der Waals surface area contributed by atoms with Gasteiger partial charge in [0.15, 0.2) is 0 Å². The van der Waals surface area contributed by atoms with E-state index < -0.39 is 25.6 Å². The summed E-state index contributed by atoms with van der Waals surface area (Å²) in [4.78, 5) is 0. The molecule has 0 rings (SSSR count). The second-order valence-electron chi connectivity index (χ2n) is 3.98. The van der Waals surface area contributed by atoms with Crippen molar-refractivity contribution in [2.75, 3.05) is 51.1 Å². The molecule has 0 aliphatic rings. The van der Waals surface area contributed by atoms with Gasteiger partial charge in [0.2, 0.25) is 10.0 Å². The lowest BCUT2D eigenvalue weighted by Crippen LogP contribution is -2.38. The lowest BCUT2D eigenvalue weighted by molar-refractivity contribution is 0.179. The monoisotopic (exact) mass is 302 g/mol. The standard InChI is InChI=1S/C9H22N2O5S2/c1-16-7-6-11(5-3-4-10)18(14,15)9-8-17(2,12)13/h3-10H2,1-2H3. The Morgan fingerprint density at radius 1 is 1.11 bits per heavy atom. The maximum absolute atomic E-state index is 12.0. The molecule has 9 heteroatoms. The minimum Gasteiger partial charge on any atom is -0.383 e. The van der Waals surface area contributed by atoms with Gasteiger partial charge < -0.3 is 10.5 Å². The van der Waals surface area contributed by atoms with Crippen LogP contribution < -0.4 is 5.73 Å². The molecule has 0 saturated carbocycles. The van der Waals surface area contributed by atoms with Gasteiger partial charge in [0.1, 0.15) is 9.84 Å². The molecule has 0 bridgehead atoms. The number of hydrogen-bond acceptors (Lipinski definition) is 6. The maximum atomic E-state index is 12.0. The van der Waals surface area contributed by atoms with Crippen molar-refractivity contribution in [2.24, 2.45) is 5.73 Å². The highest BCUT2D eigenvalue weighted by molar-refractivity contribution is 7.93. The molecule has 0 atom stereocenters. The molecule has 0 aromatic rings. The molecule has 0 fully saturated rings. The van der Waals surface area contributed by atoms with Crippen LogP contribution in [0, 0.1) is 0 Å². The predicted molar refractivity (Wildman–Crippen MR) is 70.6 cm³/mol. The number of nitrogens with two attached hydrogens (primary N) is 1. The molecule has 0 aromatic carbocycles. The van der Waals surface area contributed by atoms with E-state index in [1.165, 1.54) is 11.4 Å². The van der Waals surface area contributed by atoms with Crippen molar-refractivity contribution in [1.29, 1.82) is 0 Å². The Balaban J connectivity index is 4.62. The van der Waals surface area contributed by atoms with Gasteiger partial charge in [-0.25, -0.2) is 16.8 Å². The summed E-state index contributed by atoms with van der Waals surface area (Å²) in [5.74, 6) is -0.776.